The zero-order chi connectivity index (χ0) is 12.3. The van der Waals surface area contributed by atoms with Gasteiger partial charge in [0.15, 0.2) is 0 Å². The van der Waals surface area contributed by atoms with Crippen molar-refractivity contribution in [2.75, 3.05) is 5.32 Å². The Kier molecular flexibility index (Phi) is 3.71. The fourth-order valence-corrected chi connectivity index (χ4v) is 1.76. The molecular weight excluding hydrogens is 305 g/mol. The molecule has 1 aromatic carbocycles. The van der Waals surface area contributed by atoms with Gasteiger partial charge in [-0.2, -0.15) is 10.2 Å². The molecular formula is C11H7BrClN3O. The lowest BCUT2D eigenvalue weighted by Gasteiger charge is -2.07. The lowest BCUT2D eigenvalue weighted by atomic mass is 10.2. The standard InChI is InChI=1S/C11H7BrClN3O/c12-10-8(13)2-1-3-9(10)16-11(17)7-4-5-14-15-6-7/h1-6H,(H,16,17). The molecule has 1 heterocycles. The minimum atomic E-state index is -0.261. The number of halogens is 2. The monoisotopic (exact) mass is 311 g/mol. The Labute approximate surface area is 111 Å². The Bertz CT molecular complexity index is 548. The van der Waals surface area contributed by atoms with E-state index in [9.17, 15) is 4.79 Å². The summed E-state index contributed by atoms with van der Waals surface area (Å²) in [4.78, 5) is 11.8. The molecule has 0 aliphatic carbocycles. The van der Waals surface area contributed by atoms with E-state index in [2.05, 4.69) is 31.4 Å². The summed E-state index contributed by atoms with van der Waals surface area (Å²) in [6.07, 6.45) is 2.86. The summed E-state index contributed by atoms with van der Waals surface area (Å²) in [5.41, 5.74) is 1.05. The topological polar surface area (TPSA) is 54.9 Å². The van der Waals surface area contributed by atoms with Crippen molar-refractivity contribution in [1.82, 2.24) is 10.2 Å². The molecule has 2 aromatic rings. The van der Waals surface area contributed by atoms with Crippen molar-refractivity contribution in [3.8, 4) is 0 Å². The molecule has 0 saturated heterocycles. The second-order valence-corrected chi connectivity index (χ2v) is 4.39. The smallest absolute Gasteiger partial charge is 0.257 e. The minimum Gasteiger partial charge on any atom is -0.321 e. The molecule has 4 nitrogen and oxygen atoms in total. The fourth-order valence-electron chi connectivity index (χ4n) is 1.22. The first-order chi connectivity index (χ1) is 8.18. The number of benzene rings is 1. The molecule has 1 N–H and O–H groups in total. The molecule has 0 unspecified atom stereocenters. The van der Waals surface area contributed by atoms with Gasteiger partial charge in [0.25, 0.3) is 5.91 Å². The van der Waals surface area contributed by atoms with Crippen molar-refractivity contribution < 1.29 is 4.79 Å². The highest BCUT2D eigenvalue weighted by molar-refractivity contribution is 9.10. The zero-order valence-corrected chi connectivity index (χ0v) is 10.9. The van der Waals surface area contributed by atoms with E-state index >= 15 is 0 Å². The van der Waals surface area contributed by atoms with Crippen LogP contribution in [0, 0.1) is 0 Å². The number of aromatic nitrogens is 2. The van der Waals surface area contributed by atoms with Crippen LogP contribution in [0.2, 0.25) is 5.02 Å². The van der Waals surface area contributed by atoms with Crippen LogP contribution in [0.3, 0.4) is 0 Å². The normalized spacial score (nSPS) is 10.0. The molecule has 0 aliphatic rings. The first kappa shape index (κ1) is 12.0. The highest BCUT2D eigenvalue weighted by atomic mass is 79.9. The second-order valence-electron chi connectivity index (χ2n) is 3.19. The van der Waals surface area contributed by atoms with Crippen LogP contribution in [0.1, 0.15) is 10.4 Å². The third-order valence-electron chi connectivity index (χ3n) is 2.05. The largest absolute Gasteiger partial charge is 0.321 e. The molecule has 0 aliphatic heterocycles. The van der Waals surface area contributed by atoms with E-state index in [1.165, 1.54) is 12.4 Å². The van der Waals surface area contributed by atoms with Crippen molar-refractivity contribution in [3.63, 3.8) is 0 Å². The number of rotatable bonds is 2. The summed E-state index contributed by atoms with van der Waals surface area (Å²) >= 11 is 9.23. The number of carbonyl (C=O) groups is 1. The number of nitrogens with one attached hydrogen (secondary N) is 1. The Balaban J connectivity index is 2.22. The van der Waals surface area contributed by atoms with Crippen molar-refractivity contribution in [2.45, 2.75) is 0 Å². The molecule has 0 saturated carbocycles. The Morgan fingerprint density at radius 3 is 2.82 bits per heavy atom. The van der Waals surface area contributed by atoms with Crippen molar-refractivity contribution in [2.24, 2.45) is 0 Å². The van der Waals surface area contributed by atoms with Gasteiger partial charge in [0.1, 0.15) is 0 Å². The van der Waals surface area contributed by atoms with Gasteiger partial charge in [0.05, 0.1) is 33.1 Å². The highest BCUT2D eigenvalue weighted by Crippen LogP contribution is 2.30. The number of hydrogen-bond acceptors (Lipinski definition) is 3. The number of hydrogen-bond donors (Lipinski definition) is 1. The predicted molar refractivity (Wildman–Crippen MR) is 69.1 cm³/mol. The summed E-state index contributed by atoms with van der Waals surface area (Å²) < 4.78 is 0.650. The summed E-state index contributed by atoms with van der Waals surface area (Å²) in [5.74, 6) is -0.261. The van der Waals surface area contributed by atoms with Crippen LogP contribution < -0.4 is 5.32 Å². The van der Waals surface area contributed by atoms with Gasteiger partial charge < -0.3 is 5.32 Å². The van der Waals surface area contributed by atoms with Gasteiger partial charge in [-0.25, -0.2) is 0 Å². The predicted octanol–water partition coefficient (Wildman–Crippen LogP) is 3.14. The molecule has 6 heteroatoms. The van der Waals surface area contributed by atoms with Crippen molar-refractivity contribution in [1.29, 1.82) is 0 Å². The summed E-state index contributed by atoms with van der Waals surface area (Å²) in [6, 6.07) is 6.83. The SMILES string of the molecule is O=C(Nc1cccc(Cl)c1Br)c1ccnnc1. The van der Waals surface area contributed by atoms with Gasteiger partial charge in [-0.05, 0) is 34.1 Å². The number of nitrogens with zero attached hydrogens (tertiary/aromatic N) is 2. The molecule has 2 rings (SSSR count). The van der Waals surface area contributed by atoms with Crippen molar-refractivity contribution >= 4 is 39.1 Å². The Morgan fingerprint density at radius 2 is 2.12 bits per heavy atom. The van der Waals surface area contributed by atoms with Gasteiger partial charge in [-0.3, -0.25) is 4.79 Å². The number of amides is 1. The Morgan fingerprint density at radius 1 is 1.29 bits per heavy atom. The van der Waals surface area contributed by atoms with Crippen LogP contribution in [0.5, 0.6) is 0 Å². The van der Waals surface area contributed by atoms with Crippen LogP contribution in [0.15, 0.2) is 41.1 Å². The van der Waals surface area contributed by atoms with E-state index in [0.29, 0.717) is 20.7 Å². The first-order valence-electron chi connectivity index (χ1n) is 4.70. The molecule has 1 aromatic heterocycles. The van der Waals surface area contributed by atoms with Gasteiger partial charge in [0, 0.05) is 0 Å². The molecule has 86 valence electrons. The fraction of sp³-hybridized carbons (Fsp3) is 0. The lowest BCUT2D eigenvalue weighted by molar-refractivity contribution is 0.102. The quantitative estimate of drug-likeness (QED) is 0.927. The molecule has 0 atom stereocenters. The van der Waals surface area contributed by atoms with Gasteiger partial charge in [-0.15, -0.1) is 0 Å². The molecule has 0 spiro atoms. The maximum Gasteiger partial charge on any atom is 0.257 e. The number of carbonyl (C=O) groups excluding carboxylic acids is 1. The molecule has 17 heavy (non-hydrogen) atoms. The van der Waals surface area contributed by atoms with Crippen LogP contribution in [0.4, 0.5) is 5.69 Å². The number of anilines is 1. The molecule has 0 radical (unpaired) electrons. The second kappa shape index (κ2) is 5.25. The van der Waals surface area contributed by atoms with E-state index in [-0.39, 0.29) is 5.91 Å². The van der Waals surface area contributed by atoms with E-state index in [1.54, 1.807) is 24.3 Å². The van der Waals surface area contributed by atoms with E-state index < -0.39 is 0 Å². The average molecular weight is 313 g/mol. The van der Waals surface area contributed by atoms with Gasteiger partial charge in [-0.1, -0.05) is 17.7 Å². The third kappa shape index (κ3) is 2.81. The summed E-state index contributed by atoms with van der Waals surface area (Å²) in [5, 5.41) is 10.5. The van der Waals surface area contributed by atoms with Gasteiger partial charge in [0.2, 0.25) is 0 Å². The summed E-state index contributed by atoms with van der Waals surface area (Å²) in [6.45, 7) is 0. The molecule has 0 bridgehead atoms. The zero-order valence-electron chi connectivity index (χ0n) is 8.52. The third-order valence-corrected chi connectivity index (χ3v) is 3.44. The minimum absolute atomic E-state index is 0.261. The van der Waals surface area contributed by atoms with Crippen LogP contribution >= 0.6 is 27.5 Å². The molecule has 0 fully saturated rings. The first-order valence-corrected chi connectivity index (χ1v) is 5.87. The maximum atomic E-state index is 11.8. The maximum absolute atomic E-state index is 11.8. The van der Waals surface area contributed by atoms with Gasteiger partial charge >= 0.3 is 0 Å². The van der Waals surface area contributed by atoms with Crippen LogP contribution in [-0.4, -0.2) is 16.1 Å². The lowest BCUT2D eigenvalue weighted by Crippen LogP contribution is -2.12. The van der Waals surface area contributed by atoms with Crippen LogP contribution in [0.25, 0.3) is 0 Å². The van der Waals surface area contributed by atoms with E-state index in [0.717, 1.165) is 0 Å². The Hall–Kier alpha value is -1.46. The molecule has 1 amide bonds. The highest BCUT2D eigenvalue weighted by Gasteiger charge is 2.09. The van der Waals surface area contributed by atoms with E-state index in [4.69, 9.17) is 11.6 Å². The van der Waals surface area contributed by atoms with E-state index in [1.807, 2.05) is 0 Å². The average Bonchev–Trinajstić information content (AvgIpc) is 2.36. The summed E-state index contributed by atoms with van der Waals surface area (Å²) in [7, 11) is 0. The van der Waals surface area contributed by atoms with Crippen LogP contribution in [-0.2, 0) is 0 Å². The van der Waals surface area contributed by atoms with Crippen molar-refractivity contribution in [3.05, 3.63) is 51.7 Å².